The van der Waals surface area contributed by atoms with E-state index in [0.717, 1.165) is 4.90 Å². The number of aromatic nitrogens is 2. The minimum Gasteiger partial charge on any atom is -0.475 e. The molecule has 0 saturated heterocycles. The predicted octanol–water partition coefficient (Wildman–Crippen LogP) is 3.16. The number of fused-ring (bicyclic) bond motifs is 1. The topological polar surface area (TPSA) is 130 Å². The Balaban J connectivity index is 0.000000406. The van der Waals surface area contributed by atoms with Crippen LogP contribution in [0, 0.1) is 0 Å². The summed E-state index contributed by atoms with van der Waals surface area (Å²) in [4.78, 5) is 55.4. The summed E-state index contributed by atoms with van der Waals surface area (Å²) < 4.78 is 31.7. The van der Waals surface area contributed by atoms with Crippen LogP contribution < -0.4 is 5.32 Å². The van der Waals surface area contributed by atoms with Gasteiger partial charge in [-0.1, -0.05) is 24.3 Å². The van der Waals surface area contributed by atoms with Crippen molar-refractivity contribution in [2.45, 2.75) is 12.7 Å². The van der Waals surface area contributed by atoms with Crippen molar-refractivity contribution in [3.05, 3.63) is 89.5 Å². The van der Waals surface area contributed by atoms with Crippen LogP contribution in [0.2, 0.25) is 0 Å². The molecular weight excluding hydrogens is 457 g/mol. The third-order valence-electron chi connectivity index (χ3n) is 4.51. The lowest BCUT2D eigenvalue weighted by Gasteiger charge is -2.17. The van der Waals surface area contributed by atoms with E-state index in [2.05, 4.69) is 15.3 Å². The third-order valence-corrected chi connectivity index (χ3v) is 4.51. The van der Waals surface area contributed by atoms with Crippen LogP contribution >= 0.6 is 0 Å². The molecule has 4 rings (SSSR count). The van der Waals surface area contributed by atoms with Crippen molar-refractivity contribution in [2.75, 3.05) is 5.32 Å². The van der Waals surface area contributed by atoms with Gasteiger partial charge < -0.3 is 10.4 Å². The van der Waals surface area contributed by atoms with E-state index in [0.29, 0.717) is 16.8 Å². The Hall–Kier alpha value is -4.61. The van der Waals surface area contributed by atoms with Crippen LogP contribution in [0.3, 0.4) is 0 Å². The lowest BCUT2D eigenvalue weighted by atomic mass is 10.1. The van der Waals surface area contributed by atoms with Crippen molar-refractivity contribution >= 4 is 29.4 Å². The second kappa shape index (κ2) is 9.90. The largest absolute Gasteiger partial charge is 0.490 e. The van der Waals surface area contributed by atoms with Crippen molar-refractivity contribution < 1.29 is 37.5 Å². The first-order chi connectivity index (χ1) is 16.1. The van der Waals surface area contributed by atoms with E-state index < -0.39 is 18.1 Å². The molecule has 2 aromatic heterocycles. The fourth-order valence-electron chi connectivity index (χ4n) is 2.91. The molecule has 3 heterocycles. The molecule has 34 heavy (non-hydrogen) atoms. The predicted molar refractivity (Wildman–Crippen MR) is 111 cm³/mol. The summed E-state index contributed by atoms with van der Waals surface area (Å²) in [5.41, 5.74) is 2.06. The summed E-state index contributed by atoms with van der Waals surface area (Å²) in [5, 5.41) is 9.91. The number of aliphatic carboxylic acids is 1. The minimum absolute atomic E-state index is 0.0466. The number of carbonyl (C=O) groups excluding carboxylic acids is 3. The van der Waals surface area contributed by atoms with Gasteiger partial charge in [0.25, 0.3) is 17.7 Å². The lowest BCUT2D eigenvalue weighted by Crippen LogP contribution is -2.29. The Bertz CT molecular complexity index is 1210. The number of anilines is 1. The van der Waals surface area contributed by atoms with Gasteiger partial charge in [0.2, 0.25) is 0 Å². The fourth-order valence-corrected chi connectivity index (χ4v) is 2.91. The van der Waals surface area contributed by atoms with E-state index in [1.165, 1.54) is 24.7 Å². The molecule has 0 saturated carbocycles. The zero-order valence-corrected chi connectivity index (χ0v) is 17.1. The Labute approximate surface area is 189 Å². The normalized spacial score (nSPS) is 12.5. The number of nitrogens with zero attached hydrogens (tertiary/aromatic N) is 3. The molecule has 2 N–H and O–H groups in total. The molecule has 0 aliphatic carbocycles. The molecule has 1 aliphatic heterocycles. The summed E-state index contributed by atoms with van der Waals surface area (Å²) in [5.74, 6) is -3.89. The maximum absolute atomic E-state index is 12.5. The number of hydrogen-bond donors (Lipinski definition) is 2. The molecule has 0 atom stereocenters. The molecule has 1 aliphatic rings. The van der Waals surface area contributed by atoms with E-state index in [-0.39, 0.29) is 29.6 Å². The molecule has 12 heteroatoms. The Morgan fingerprint density at radius 2 is 1.59 bits per heavy atom. The first-order valence-electron chi connectivity index (χ1n) is 9.50. The smallest absolute Gasteiger partial charge is 0.475 e. The Kier molecular flexibility index (Phi) is 7.00. The zero-order valence-electron chi connectivity index (χ0n) is 17.1. The van der Waals surface area contributed by atoms with Crippen molar-refractivity contribution in [3.63, 3.8) is 0 Å². The van der Waals surface area contributed by atoms with Gasteiger partial charge in [-0.15, -0.1) is 0 Å². The number of halogens is 3. The molecule has 0 bridgehead atoms. The average molecular weight is 472 g/mol. The van der Waals surface area contributed by atoms with Crippen molar-refractivity contribution in [1.29, 1.82) is 0 Å². The number of carbonyl (C=O) groups is 4. The van der Waals surface area contributed by atoms with Gasteiger partial charge in [-0.2, -0.15) is 13.2 Å². The fraction of sp³-hybridized carbons (Fsp3) is 0.0909. The number of alkyl halides is 3. The average Bonchev–Trinajstić information content (AvgIpc) is 3.05. The van der Waals surface area contributed by atoms with Crippen LogP contribution in [0.15, 0.2) is 67.1 Å². The van der Waals surface area contributed by atoms with Gasteiger partial charge in [0.05, 0.1) is 17.7 Å². The summed E-state index contributed by atoms with van der Waals surface area (Å²) >= 11 is 0. The van der Waals surface area contributed by atoms with E-state index in [9.17, 15) is 27.6 Å². The van der Waals surface area contributed by atoms with Crippen molar-refractivity contribution in [2.24, 2.45) is 0 Å². The number of pyridine rings is 2. The van der Waals surface area contributed by atoms with Gasteiger partial charge in [0, 0.05) is 24.3 Å². The van der Waals surface area contributed by atoms with Gasteiger partial charge in [-0.05, 0) is 29.8 Å². The van der Waals surface area contributed by atoms with Crippen LogP contribution in [0.1, 0.15) is 36.8 Å². The zero-order chi connectivity index (χ0) is 24.9. The highest BCUT2D eigenvalue weighted by Crippen LogP contribution is 2.26. The molecule has 3 aromatic rings. The molecule has 174 valence electrons. The summed E-state index contributed by atoms with van der Waals surface area (Å²) in [6.07, 6.45) is -0.674. The van der Waals surface area contributed by atoms with E-state index in [1.807, 2.05) is 0 Å². The molecule has 0 radical (unpaired) electrons. The standard InChI is InChI=1S/C20H14N4O3.C2HF3O2/c25-18(17-7-3-4-9-22-17)23-16-6-2-1-5-13(16)12-24-19(26)14-8-10-21-11-15(14)20(24)27;3-2(4,5)1(6)7/h1-11H,12H2,(H,23,25);(H,6,7). The number of imide groups is 1. The Morgan fingerprint density at radius 3 is 2.21 bits per heavy atom. The number of amides is 3. The van der Waals surface area contributed by atoms with Crippen LogP contribution in [-0.2, 0) is 11.3 Å². The van der Waals surface area contributed by atoms with E-state index in [4.69, 9.17) is 9.90 Å². The Morgan fingerprint density at radius 1 is 0.941 bits per heavy atom. The highest BCUT2D eigenvalue weighted by molar-refractivity contribution is 6.21. The number of benzene rings is 1. The number of carboxylic acid groups (broad SMARTS) is 1. The minimum atomic E-state index is -5.08. The SMILES string of the molecule is O=C(Nc1ccccc1CN1C(=O)c2ccncc2C1=O)c1ccccn1.O=C(O)C(F)(F)F. The van der Waals surface area contributed by atoms with Crippen molar-refractivity contribution in [3.8, 4) is 0 Å². The van der Waals surface area contributed by atoms with Crippen LogP contribution in [0.5, 0.6) is 0 Å². The lowest BCUT2D eigenvalue weighted by molar-refractivity contribution is -0.192. The molecule has 1 aromatic carbocycles. The maximum atomic E-state index is 12.5. The monoisotopic (exact) mass is 472 g/mol. The first-order valence-corrected chi connectivity index (χ1v) is 9.50. The van der Waals surface area contributed by atoms with Gasteiger partial charge >= 0.3 is 12.1 Å². The van der Waals surface area contributed by atoms with Crippen LogP contribution in [0.25, 0.3) is 0 Å². The van der Waals surface area contributed by atoms with Gasteiger partial charge in [-0.3, -0.25) is 29.3 Å². The molecular formula is C22H15F3N4O5. The molecule has 0 fully saturated rings. The molecule has 3 amide bonds. The first kappa shape index (κ1) is 24.0. The number of hydrogen-bond acceptors (Lipinski definition) is 6. The second-order valence-electron chi connectivity index (χ2n) is 6.75. The molecule has 0 unspecified atom stereocenters. The van der Waals surface area contributed by atoms with E-state index in [1.54, 1.807) is 42.5 Å². The third kappa shape index (κ3) is 5.41. The van der Waals surface area contributed by atoms with Gasteiger partial charge in [0.15, 0.2) is 0 Å². The maximum Gasteiger partial charge on any atom is 0.490 e. The number of para-hydroxylation sites is 1. The van der Waals surface area contributed by atoms with Crippen molar-refractivity contribution in [1.82, 2.24) is 14.9 Å². The summed E-state index contributed by atoms with van der Waals surface area (Å²) in [7, 11) is 0. The molecule has 0 spiro atoms. The summed E-state index contributed by atoms with van der Waals surface area (Å²) in [6, 6.07) is 13.6. The van der Waals surface area contributed by atoms with Gasteiger partial charge in [-0.25, -0.2) is 4.79 Å². The highest BCUT2D eigenvalue weighted by Gasteiger charge is 2.38. The molecule has 9 nitrogen and oxygen atoms in total. The summed E-state index contributed by atoms with van der Waals surface area (Å²) in [6.45, 7) is 0.0466. The number of rotatable bonds is 4. The number of nitrogens with one attached hydrogen (secondary N) is 1. The quantitative estimate of drug-likeness (QED) is 0.558. The van der Waals surface area contributed by atoms with E-state index >= 15 is 0 Å². The highest BCUT2D eigenvalue weighted by atomic mass is 19.4. The second-order valence-corrected chi connectivity index (χ2v) is 6.75. The number of carboxylic acids is 1. The van der Waals surface area contributed by atoms with Crippen LogP contribution in [0.4, 0.5) is 18.9 Å². The van der Waals surface area contributed by atoms with Gasteiger partial charge in [0.1, 0.15) is 5.69 Å². The van der Waals surface area contributed by atoms with Crippen LogP contribution in [-0.4, -0.2) is 49.8 Å².